The van der Waals surface area contributed by atoms with Gasteiger partial charge in [-0.25, -0.2) is 0 Å². The van der Waals surface area contributed by atoms with Crippen molar-refractivity contribution in [3.63, 3.8) is 0 Å². The molecule has 0 radical (unpaired) electrons. The molecule has 84 valence electrons. The molecule has 0 spiro atoms. The molecule has 1 aromatic heterocycles. The van der Waals surface area contributed by atoms with Crippen molar-refractivity contribution in [3.05, 3.63) is 41.7 Å². The first kappa shape index (κ1) is 11.1. The molecule has 2 heteroatoms. The molecule has 0 saturated heterocycles. The molecular formula is C14H18N2. The average molecular weight is 214 g/mol. The summed E-state index contributed by atoms with van der Waals surface area (Å²) in [5.41, 5.74) is 8.11. The Morgan fingerprint density at radius 2 is 2.06 bits per heavy atom. The highest BCUT2D eigenvalue weighted by molar-refractivity contribution is 5.87. The van der Waals surface area contributed by atoms with E-state index in [2.05, 4.69) is 36.2 Å². The van der Waals surface area contributed by atoms with E-state index in [1.54, 1.807) is 0 Å². The van der Waals surface area contributed by atoms with Crippen LogP contribution in [0.25, 0.3) is 10.8 Å². The second kappa shape index (κ2) is 5.08. The Hall–Kier alpha value is -1.41. The van der Waals surface area contributed by atoms with Gasteiger partial charge in [0.25, 0.3) is 0 Å². The quantitative estimate of drug-likeness (QED) is 0.849. The predicted octanol–water partition coefficient (Wildman–Crippen LogP) is 3.04. The maximum absolute atomic E-state index is 5.70. The molecule has 2 rings (SSSR count). The van der Waals surface area contributed by atoms with Crippen LogP contribution in [0.15, 0.2) is 30.5 Å². The van der Waals surface area contributed by atoms with Crippen molar-refractivity contribution in [3.8, 4) is 0 Å². The van der Waals surface area contributed by atoms with Crippen LogP contribution in [0.3, 0.4) is 0 Å². The Morgan fingerprint density at radius 1 is 1.19 bits per heavy atom. The Kier molecular flexibility index (Phi) is 3.52. The lowest BCUT2D eigenvalue weighted by Crippen LogP contribution is -2.01. The van der Waals surface area contributed by atoms with Crippen LogP contribution >= 0.6 is 0 Å². The lowest BCUT2D eigenvalue weighted by atomic mass is 10.00. The molecule has 0 saturated carbocycles. The summed E-state index contributed by atoms with van der Waals surface area (Å²) in [7, 11) is 0. The third-order valence-corrected chi connectivity index (χ3v) is 2.97. The van der Waals surface area contributed by atoms with E-state index in [4.69, 9.17) is 5.73 Å². The first-order chi connectivity index (χ1) is 7.86. The topological polar surface area (TPSA) is 38.9 Å². The standard InChI is InChI=1S/C14H18N2/c1-2-3-5-11-6-4-7-13-12(11)8-9-16-14(13)10-15/h4,6-9H,2-3,5,10,15H2,1H3. The third kappa shape index (κ3) is 2.07. The second-order valence-electron chi connectivity index (χ2n) is 4.08. The molecule has 2 aromatic rings. The summed E-state index contributed by atoms with van der Waals surface area (Å²) in [6.45, 7) is 2.73. The van der Waals surface area contributed by atoms with Crippen molar-refractivity contribution in [2.75, 3.05) is 0 Å². The average Bonchev–Trinajstić information content (AvgIpc) is 2.35. The highest BCUT2D eigenvalue weighted by atomic mass is 14.7. The summed E-state index contributed by atoms with van der Waals surface area (Å²) in [6.07, 6.45) is 5.46. The smallest absolute Gasteiger partial charge is 0.0617 e. The SMILES string of the molecule is CCCCc1cccc2c(CN)nccc12. The molecule has 0 unspecified atom stereocenters. The number of benzene rings is 1. The van der Waals surface area contributed by atoms with E-state index in [0.717, 1.165) is 12.1 Å². The maximum Gasteiger partial charge on any atom is 0.0617 e. The molecule has 16 heavy (non-hydrogen) atoms. The summed E-state index contributed by atoms with van der Waals surface area (Å²) >= 11 is 0. The van der Waals surface area contributed by atoms with Gasteiger partial charge in [-0.3, -0.25) is 4.98 Å². The zero-order valence-corrected chi connectivity index (χ0v) is 9.74. The van der Waals surface area contributed by atoms with Crippen LogP contribution in [0.2, 0.25) is 0 Å². The minimum Gasteiger partial charge on any atom is -0.325 e. The normalized spacial score (nSPS) is 10.9. The molecule has 0 aliphatic carbocycles. The van der Waals surface area contributed by atoms with Crippen molar-refractivity contribution in [1.82, 2.24) is 4.98 Å². The molecule has 1 heterocycles. The van der Waals surface area contributed by atoms with Crippen molar-refractivity contribution < 1.29 is 0 Å². The van der Waals surface area contributed by atoms with E-state index >= 15 is 0 Å². The number of pyridine rings is 1. The van der Waals surface area contributed by atoms with E-state index in [9.17, 15) is 0 Å². The van der Waals surface area contributed by atoms with Crippen molar-refractivity contribution >= 4 is 10.8 Å². The first-order valence-electron chi connectivity index (χ1n) is 5.92. The zero-order chi connectivity index (χ0) is 11.4. The Bertz CT molecular complexity index is 477. The fraction of sp³-hybridized carbons (Fsp3) is 0.357. The molecule has 2 N–H and O–H groups in total. The van der Waals surface area contributed by atoms with E-state index in [0.29, 0.717) is 6.54 Å². The molecule has 0 aliphatic heterocycles. The second-order valence-corrected chi connectivity index (χ2v) is 4.08. The first-order valence-corrected chi connectivity index (χ1v) is 5.92. The highest BCUT2D eigenvalue weighted by Gasteiger charge is 2.04. The van der Waals surface area contributed by atoms with Gasteiger partial charge >= 0.3 is 0 Å². The van der Waals surface area contributed by atoms with Crippen molar-refractivity contribution in [1.29, 1.82) is 0 Å². The third-order valence-electron chi connectivity index (χ3n) is 2.97. The number of rotatable bonds is 4. The minimum absolute atomic E-state index is 0.509. The van der Waals surface area contributed by atoms with E-state index in [1.165, 1.54) is 29.2 Å². The Balaban J connectivity index is 2.51. The van der Waals surface area contributed by atoms with Crippen LogP contribution in [0, 0.1) is 0 Å². The number of aromatic nitrogens is 1. The largest absolute Gasteiger partial charge is 0.325 e. The molecule has 2 nitrogen and oxygen atoms in total. The molecule has 0 bridgehead atoms. The highest BCUT2D eigenvalue weighted by Crippen LogP contribution is 2.22. The number of hydrogen-bond acceptors (Lipinski definition) is 2. The molecule has 0 amide bonds. The molecule has 0 aliphatic rings. The van der Waals surface area contributed by atoms with E-state index in [1.807, 2.05) is 6.20 Å². The fourth-order valence-corrected chi connectivity index (χ4v) is 2.08. The summed E-state index contributed by atoms with van der Waals surface area (Å²) in [6, 6.07) is 8.52. The predicted molar refractivity (Wildman–Crippen MR) is 68.2 cm³/mol. The van der Waals surface area contributed by atoms with Gasteiger partial charge in [0.05, 0.1) is 5.69 Å². The zero-order valence-electron chi connectivity index (χ0n) is 9.74. The van der Waals surface area contributed by atoms with Gasteiger partial charge in [0.1, 0.15) is 0 Å². The monoisotopic (exact) mass is 214 g/mol. The van der Waals surface area contributed by atoms with Gasteiger partial charge in [0.2, 0.25) is 0 Å². The van der Waals surface area contributed by atoms with Crippen LogP contribution in [-0.2, 0) is 13.0 Å². The lowest BCUT2D eigenvalue weighted by molar-refractivity contribution is 0.799. The maximum atomic E-state index is 5.70. The minimum atomic E-state index is 0.509. The van der Waals surface area contributed by atoms with Gasteiger partial charge in [-0.15, -0.1) is 0 Å². The van der Waals surface area contributed by atoms with Crippen LogP contribution in [-0.4, -0.2) is 4.98 Å². The number of fused-ring (bicyclic) bond motifs is 1. The fourth-order valence-electron chi connectivity index (χ4n) is 2.08. The Labute approximate surface area is 96.5 Å². The summed E-state index contributed by atoms with van der Waals surface area (Å²) < 4.78 is 0. The molecular weight excluding hydrogens is 196 g/mol. The number of hydrogen-bond donors (Lipinski definition) is 1. The van der Waals surface area contributed by atoms with Gasteiger partial charge in [0.15, 0.2) is 0 Å². The Morgan fingerprint density at radius 3 is 2.81 bits per heavy atom. The van der Waals surface area contributed by atoms with E-state index < -0.39 is 0 Å². The number of unbranched alkanes of at least 4 members (excludes halogenated alkanes) is 1. The van der Waals surface area contributed by atoms with Crippen LogP contribution in [0.1, 0.15) is 31.0 Å². The van der Waals surface area contributed by atoms with E-state index in [-0.39, 0.29) is 0 Å². The van der Waals surface area contributed by atoms with Gasteiger partial charge in [0, 0.05) is 18.1 Å². The van der Waals surface area contributed by atoms with Gasteiger partial charge in [-0.05, 0) is 29.9 Å². The van der Waals surface area contributed by atoms with Gasteiger partial charge in [-0.2, -0.15) is 0 Å². The lowest BCUT2D eigenvalue weighted by Gasteiger charge is -2.08. The van der Waals surface area contributed by atoms with Crippen LogP contribution < -0.4 is 5.73 Å². The van der Waals surface area contributed by atoms with Gasteiger partial charge in [-0.1, -0.05) is 31.5 Å². The van der Waals surface area contributed by atoms with Crippen LogP contribution in [0.5, 0.6) is 0 Å². The number of nitrogens with two attached hydrogens (primary N) is 1. The number of aryl methyl sites for hydroxylation is 1. The summed E-state index contributed by atoms with van der Waals surface area (Å²) in [4.78, 5) is 4.32. The molecule has 0 fully saturated rings. The summed E-state index contributed by atoms with van der Waals surface area (Å²) in [5, 5.41) is 2.52. The van der Waals surface area contributed by atoms with Gasteiger partial charge < -0.3 is 5.73 Å². The van der Waals surface area contributed by atoms with Crippen molar-refractivity contribution in [2.45, 2.75) is 32.7 Å². The molecule has 1 aromatic carbocycles. The van der Waals surface area contributed by atoms with Crippen LogP contribution in [0.4, 0.5) is 0 Å². The molecule has 0 atom stereocenters. The summed E-state index contributed by atoms with van der Waals surface area (Å²) in [5.74, 6) is 0. The van der Waals surface area contributed by atoms with Crippen molar-refractivity contribution in [2.24, 2.45) is 5.73 Å². The number of nitrogens with zero attached hydrogens (tertiary/aromatic N) is 1.